The summed E-state index contributed by atoms with van der Waals surface area (Å²) >= 11 is 0. The largest absolute Gasteiger partial charge is 0.382 e. The fraction of sp³-hybridized carbons (Fsp3) is 0.526. The average molecular weight is 376 g/mol. The highest BCUT2D eigenvalue weighted by Crippen LogP contribution is 2.26. The molecule has 1 aromatic carbocycles. The number of methoxy groups -OCH3 is 1. The molecule has 3 amide bonds. The molecule has 27 heavy (non-hydrogen) atoms. The van der Waals surface area contributed by atoms with Crippen molar-refractivity contribution in [3.8, 4) is 0 Å². The number of ether oxygens (including phenoxy) is 3. The van der Waals surface area contributed by atoms with Gasteiger partial charge in [-0.15, -0.1) is 0 Å². The van der Waals surface area contributed by atoms with E-state index >= 15 is 0 Å². The normalized spacial score (nSPS) is 18.9. The van der Waals surface area contributed by atoms with Crippen molar-refractivity contribution in [3.63, 3.8) is 0 Å². The van der Waals surface area contributed by atoms with Crippen LogP contribution in [0.25, 0.3) is 0 Å². The Bertz CT molecular complexity index is 714. The van der Waals surface area contributed by atoms with Gasteiger partial charge in [0, 0.05) is 25.8 Å². The summed E-state index contributed by atoms with van der Waals surface area (Å²) in [7, 11) is 1.59. The van der Waals surface area contributed by atoms with Crippen LogP contribution < -0.4 is 5.32 Å². The quantitative estimate of drug-likeness (QED) is 0.507. The standard InChI is InChI=1S/C19H24N2O6/c1-25-9-10-26-8-6-20-17(22)13-4-5-15-16(11-13)19(24)21(18(15)23)12-14-3-2-7-27-14/h4-5,11,14H,2-3,6-10,12H2,1H3,(H,20,22). The Hall–Kier alpha value is -2.29. The Morgan fingerprint density at radius 3 is 2.78 bits per heavy atom. The lowest BCUT2D eigenvalue weighted by molar-refractivity contribution is 0.0475. The first-order chi connectivity index (χ1) is 13.1. The van der Waals surface area contributed by atoms with E-state index in [-0.39, 0.29) is 35.9 Å². The van der Waals surface area contributed by atoms with Crippen LogP contribution in [0.4, 0.5) is 0 Å². The molecule has 1 aromatic rings. The molecule has 2 aliphatic rings. The molecule has 2 heterocycles. The van der Waals surface area contributed by atoms with Crippen molar-refractivity contribution in [2.45, 2.75) is 18.9 Å². The van der Waals surface area contributed by atoms with Crippen LogP contribution in [-0.2, 0) is 14.2 Å². The maximum absolute atomic E-state index is 12.6. The molecule has 0 bridgehead atoms. The van der Waals surface area contributed by atoms with Crippen LogP contribution in [0.15, 0.2) is 18.2 Å². The van der Waals surface area contributed by atoms with Gasteiger partial charge in [0.15, 0.2) is 0 Å². The Morgan fingerprint density at radius 2 is 2.04 bits per heavy atom. The maximum atomic E-state index is 12.6. The van der Waals surface area contributed by atoms with E-state index in [0.29, 0.717) is 44.1 Å². The molecule has 1 saturated heterocycles. The summed E-state index contributed by atoms with van der Waals surface area (Å²) in [4.78, 5) is 38.6. The fourth-order valence-corrected chi connectivity index (χ4v) is 3.17. The van der Waals surface area contributed by atoms with Crippen LogP contribution >= 0.6 is 0 Å². The third-order valence-electron chi connectivity index (χ3n) is 4.61. The monoisotopic (exact) mass is 376 g/mol. The topological polar surface area (TPSA) is 94.2 Å². The summed E-state index contributed by atoms with van der Waals surface area (Å²) < 4.78 is 15.7. The third kappa shape index (κ3) is 4.52. The van der Waals surface area contributed by atoms with Gasteiger partial charge in [0.1, 0.15) is 0 Å². The lowest BCUT2D eigenvalue weighted by atomic mass is 10.1. The van der Waals surface area contributed by atoms with Crippen molar-refractivity contribution < 1.29 is 28.6 Å². The van der Waals surface area contributed by atoms with Crippen LogP contribution in [0.5, 0.6) is 0 Å². The van der Waals surface area contributed by atoms with Crippen molar-refractivity contribution in [2.75, 3.05) is 46.6 Å². The van der Waals surface area contributed by atoms with E-state index in [0.717, 1.165) is 12.8 Å². The van der Waals surface area contributed by atoms with Gasteiger partial charge in [-0.05, 0) is 31.0 Å². The number of rotatable bonds is 9. The number of imide groups is 1. The second-order valence-electron chi connectivity index (χ2n) is 6.48. The molecule has 2 aliphatic heterocycles. The second-order valence-corrected chi connectivity index (χ2v) is 6.48. The predicted molar refractivity (Wildman–Crippen MR) is 95.8 cm³/mol. The Balaban J connectivity index is 1.58. The van der Waals surface area contributed by atoms with Crippen molar-refractivity contribution in [1.82, 2.24) is 10.2 Å². The number of benzene rings is 1. The molecule has 3 rings (SSSR count). The smallest absolute Gasteiger partial charge is 0.261 e. The molecule has 0 aromatic heterocycles. The summed E-state index contributed by atoms with van der Waals surface area (Å²) in [6.07, 6.45) is 1.68. The van der Waals surface area contributed by atoms with Crippen molar-refractivity contribution in [1.29, 1.82) is 0 Å². The second kappa shape index (κ2) is 9.07. The van der Waals surface area contributed by atoms with Gasteiger partial charge in [-0.1, -0.05) is 0 Å². The fourth-order valence-electron chi connectivity index (χ4n) is 3.17. The van der Waals surface area contributed by atoms with E-state index < -0.39 is 0 Å². The summed E-state index contributed by atoms with van der Waals surface area (Å²) in [6, 6.07) is 4.57. The summed E-state index contributed by atoms with van der Waals surface area (Å²) in [5.41, 5.74) is 0.935. The minimum atomic E-state index is -0.372. The minimum absolute atomic E-state index is 0.104. The Kier molecular flexibility index (Phi) is 6.54. The van der Waals surface area contributed by atoms with Crippen LogP contribution in [-0.4, -0.2) is 75.4 Å². The molecular formula is C19H24N2O6. The number of hydrogen-bond acceptors (Lipinski definition) is 6. The molecule has 8 heteroatoms. The molecule has 1 N–H and O–H groups in total. The van der Waals surface area contributed by atoms with E-state index in [1.807, 2.05) is 0 Å². The van der Waals surface area contributed by atoms with Crippen LogP contribution in [0.3, 0.4) is 0 Å². The Labute approximate surface area is 157 Å². The molecule has 8 nitrogen and oxygen atoms in total. The summed E-state index contributed by atoms with van der Waals surface area (Å²) in [6.45, 7) is 2.59. The van der Waals surface area contributed by atoms with Gasteiger partial charge in [0.25, 0.3) is 17.7 Å². The van der Waals surface area contributed by atoms with Gasteiger partial charge in [0.05, 0.1) is 43.6 Å². The van der Waals surface area contributed by atoms with Gasteiger partial charge >= 0.3 is 0 Å². The number of amides is 3. The molecular weight excluding hydrogens is 352 g/mol. The van der Waals surface area contributed by atoms with Crippen LogP contribution in [0, 0.1) is 0 Å². The highest BCUT2D eigenvalue weighted by Gasteiger charge is 2.37. The number of nitrogens with zero attached hydrogens (tertiary/aromatic N) is 1. The van der Waals surface area contributed by atoms with Gasteiger partial charge in [-0.3, -0.25) is 19.3 Å². The lowest BCUT2D eigenvalue weighted by Crippen LogP contribution is -2.36. The summed E-state index contributed by atoms with van der Waals surface area (Å²) in [5.74, 6) is -1.02. The zero-order chi connectivity index (χ0) is 19.2. The van der Waals surface area contributed by atoms with Gasteiger partial charge < -0.3 is 19.5 Å². The number of carbonyl (C=O) groups excluding carboxylic acids is 3. The predicted octanol–water partition coefficient (Wildman–Crippen LogP) is 0.854. The molecule has 1 fully saturated rings. The number of nitrogens with one attached hydrogen (secondary N) is 1. The number of carbonyl (C=O) groups is 3. The molecule has 0 radical (unpaired) electrons. The van der Waals surface area contributed by atoms with Gasteiger partial charge in [-0.25, -0.2) is 0 Å². The molecule has 0 aliphatic carbocycles. The third-order valence-corrected chi connectivity index (χ3v) is 4.61. The molecule has 0 saturated carbocycles. The summed E-state index contributed by atoms with van der Waals surface area (Å²) in [5, 5.41) is 2.73. The first-order valence-electron chi connectivity index (χ1n) is 9.08. The molecule has 0 spiro atoms. The first-order valence-corrected chi connectivity index (χ1v) is 9.08. The SMILES string of the molecule is COCCOCCNC(=O)c1ccc2c(c1)C(=O)N(CC1CCCO1)C2=O. The van der Waals surface area contributed by atoms with E-state index in [1.54, 1.807) is 13.2 Å². The van der Waals surface area contributed by atoms with Gasteiger partial charge in [0.2, 0.25) is 0 Å². The number of fused-ring (bicyclic) bond motifs is 1. The van der Waals surface area contributed by atoms with Crippen molar-refractivity contribution in [3.05, 3.63) is 34.9 Å². The lowest BCUT2D eigenvalue weighted by Gasteiger charge is -2.17. The maximum Gasteiger partial charge on any atom is 0.261 e. The van der Waals surface area contributed by atoms with E-state index in [1.165, 1.54) is 17.0 Å². The van der Waals surface area contributed by atoms with Crippen LogP contribution in [0.2, 0.25) is 0 Å². The van der Waals surface area contributed by atoms with Crippen molar-refractivity contribution >= 4 is 17.7 Å². The molecule has 146 valence electrons. The molecule has 1 unspecified atom stereocenters. The zero-order valence-electron chi connectivity index (χ0n) is 15.4. The highest BCUT2D eigenvalue weighted by atomic mass is 16.5. The number of hydrogen-bond donors (Lipinski definition) is 1. The van der Waals surface area contributed by atoms with Crippen molar-refractivity contribution in [2.24, 2.45) is 0 Å². The van der Waals surface area contributed by atoms with E-state index in [2.05, 4.69) is 5.32 Å². The first kappa shape index (κ1) is 19.5. The highest BCUT2D eigenvalue weighted by molar-refractivity contribution is 6.22. The van der Waals surface area contributed by atoms with Crippen LogP contribution in [0.1, 0.15) is 43.9 Å². The average Bonchev–Trinajstić information content (AvgIpc) is 3.27. The van der Waals surface area contributed by atoms with Gasteiger partial charge in [-0.2, -0.15) is 0 Å². The minimum Gasteiger partial charge on any atom is -0.382 e. The van der Waals surface area contributed by atoms with E-state index in [4.69, 9.17) is 14.2 Å². The zero-order valence-corrected chi connectivity index (χ0v) is 15.4. The Morgan fingerprint density at radius 1 is 1.22 bits per heavy atom. The molecule has 1 atom stereocenters. The van der Waals surface area contributed by atoms with E-state index in [9.17, 15) is 14.4 Å².